The molecule has 8 heteroatoms. The minimum absolute atomic E-state index is 0.134. The fourth-order valence-corrected chi connectivity index (χ4v) is 4.71. The van der Waals surface area contributed by atoms with Crippen molar-refractivity contribution in [1.29, 1.82) is 5.26 Å². The van der Waals surface area contributed by atoms with Crippen LogP contribution in [0.4, 0.5) is 0 Å². The van der Waals surface area contributed by atoms with E-state index in [1.165, 1.54) is 23.5 Å². The van der Waals surface area contributed by atoms with Crippen molar-refractivity contribution in [3.05, 3.63) is 17.0 Å². The Morgan fingerprint density at radius 1 is 1.58 bits per heavy atom. The van der Waals surface area contributed by atoms with Crippen LogP contribution in [-0.4, -0.2) is 38.9 Å². The predicted octanol–water partition coefficient (Wildman–Crippen LogP) is 0.803. The molecule has 1 aliphatic rings. The molecule has 0 spiro atoms. The molecule has 0 radical (unpaired) electrons. The molecule has 1 aromatic heterocycles. The first kappa shape index (κ1) is 14.0. The summed E-state index contributed by atoms with van der Waals surface area (Å²) in [4.78, 5) is 11.7. The number of rotatable bonds is 3. The molecule has 19 heavy (non-hydrogen) atoms. The van der Waals surface area contributed by atoms with Crippen LogP contribution < -0.4 is 0 Å². The van der Waals surface area contributed by atoms with Gasteiger partial charge in [0.25, 0.3) is 10.0 Å². The molecule has 1 aromatic rings. The topological polar surface area (TPSA) is 87.5 Å². The Labute approximate surface area is 115 Å². The second kappa shape index (κ2) is 5.28. The van der Waals surface area contributed by atoms with Gasteiger partial charge in [-0.15, -0.1) is 11.3 Å². The van der Waals surface area contributed by atoms with Crippen LogP contribution in [-0.2, 0) is 19.6 Å². The van der Waals surface area contributed by atoms with Crippen molar-refractivity contribution in [2.75, 3.05) is 20.2 Å². The van der Waals surface area contributed by atoms with Gasteiger partial charge in [0.1, 0.15) is 15.2 Å². The summed E-state index contributed by atoms with van der Waals surface area (Å²) in [5, 5.41) is 8.72. The van der Waals surface area contributed by atoms with E-state index in [4.69, 9.17) is 5.26 Å². The maximum Gasteiger partial charge on any atom is 0.310 e. The van der Waals surface area contributed by atoms with Gasteiger partial charge in [0.05, 0.1) is 13.0 Å². The molecular formula is C11H12N2O4S2. The van der Waals surface area contributed by atoms with Gasteiger partial charge in [-0.25, -0.2) is 8.42 Å². The highest BCUT2D eigenvalue weighted by atomic mass is 32.2. The fourth-order valence-electron chi connectivity index (χ4n) is 1.95. The molecule has 0 bridgehead atoms. The summed E-state index contributed by atoms with van der Waals surface area (Å²) in [7, 11) is -2.32. The van der Waals surface area contributed by atoms with E-state index in [1.807, 2.05) is 6.07 Å². The number of hydrogen-bond donors (Lipinski definition) is 0. The molecule has 1 saturated heterocycles. The van der Waals surface area contributed by atoms with E-state index in [0.29, 0.717) is 17.8 Å². The van der Waals surface area contributed by atoms with E-state index >= 15 is 0 Å². The molecule has 0 saturated carbocycles. The SMILES string of the molecule is COC(=O)C1CCN(S(=O)(=O)c2ccc(C#N)s2)C1. The number of carbonyl (C=O) groups is 1. The lowest BCUT2D eigenvalue weighted by atomic mass is 10.1. The summed E-state index contributed by atoms with van der Waals surface area (Å²) in [5.74, 6) is -0.795. The van der Waals surface area contributed by atoms with Gasteiger partial charge in [0.15, 0.2) is 0 Å². The number of ether oxygens (including phenoxy) is 1. The van der Waals surface area contributed by atoms with Gasteiger partial charge in [0.2, 0.25) is 0 Å². The quantitative estimate of drug-likeness (QED) is 0.771. The maximum absolute atomic E-state index is 12.3. The molecule has 0 N–H and O–H groups in total. The van der Waals surface area contributed by atoms with Gasteiger partial charge >= 0.3 is 5.97 Å². The van der Waals surface area contributed by atoms with E-state index < -0.39 is 15.9 Å². The van der Waals surface area contributed by atoms with Crippen molar-refractivity contribution >= 4 is 27.3 Å². The van der Waals surface area contributed by atoms with Crippen LogP contribution >= 0.6 is 11.3 Å². The summed E-state index contributed by atoms with van der Waals surface area (Å²) in [6, 6.07) is 4.81. The average molecular weight is 300 g/mol. The van der Waals surface area contributed by atoms with Crippen LogP contribution in [0.25, 0.3) is 0 Å². The predicted molar refractivity (Wildman–Crippen MR) is 67.9 cm³/mol. The standard InChI is InChI=1S/C11H12N2O4S2/c1-17-11(14)8-4-5-13(7-8)19(15,16)10-3-2-9(6-12)18-10/h2-3,8H,4-5,7H2,1H3. The lowest BCUT2D eigenvalue weighted by Crippen LogP contribution is -2.29. The molecule has 2 rings (SSSR count). The van der Waals surface area contributed by atoms with Crippen molar-refractivity contribution in [2.45, 2.75) is 10.6 Å². The Bertz CT molecular complexity index is 629. The molecule has 0 aliphatic carbocycles. The minimum Gasteiger partial charge on any atom is -0.469 e. The van der Waals surface area contributed by atoms with Crippen molar-refractivity contribution in [3.63, 3.8) is 0 Å². The highest BCUT2D eigenvalue weighted by Gasteiger charge is 2.36. The van der Waals surface area contributed by atoms with E-state index in [0.717, 1.165) is 11.3 Å². The highest BCUT2D eigenvalue weighted by Crippen LogP contribution is 2.29. The molecular weight excluding hydrogens is 288 g/mol. The zero-order chi connectivity index (χ0) is 14.0. The van der Waals surface area contributed by atoms with Crippen molar-refractivity contribution in [2.24, 2.45) is 5.92 Å². The Kier molecular flexibility index (Phi) is 3.89. The Hall–Kier alpha value is -1.43. The lowest BCUT2D eigenvalue weighted by Gasteiger charge is -2.14. The number of nitrogens with zero attached hydrogens (tertiary/aromatic N) is 2. The minimum atomic E-state index is -3.61. The summed E-state index contributed by atoms with van der Waals surface area (Å²) >= 11 is 0.935. The number of nitriles is 1. The largest absolute Gasteiger partial charge is 0.469 e. The van der Waals surface area contributed by atoms with Crippen LogP contribution in [0.1, 0.15) is 11.3 Å². The van der Waals surface area contributed by atoms with E-state index in [9.17, 15) is 13.2 Å². The average Bonchev–Trinajstić information content (AvgIpc) is 3.06. The number of hydrogen-bond acceptors (Lipinski definition) is 6. The summed E-state index contributed by atoms with van der Waals surface area (Å²) in [6.45, 7) is 0.427. The Balaban J connectivity index is 2.18. The second-order valence-electron chi connectivity index (χ2n) is 4.10. The molecule has 0 amide bonds. The highest BCUT2D eigenvalue weighted by molar-refractivity contribution is 7.91. The fraction of sp³-hybridized carbons (Fsp3) is 0.455. The first-order valence-electron chi connectivity index (χ1n) is 5.57. The molecule has 1 unspecified atom stereocenters. The monoisotopic (exact) mass is 300 g/mol. The van der Waals surface area contributed by atoms with E-state index in [-0.39, 0.29) is 16.7 Å². The Morgan fingerprint density at radius 3 is 2.89 bits per heavy atom. The summed E-state index contributed by atoms with van der Waals surface area (Å²) in [6.07, 6.45) is 0.461. The number of esters is 1. The van der Waals surface area contributed by atoms with Crippen molar-refractivity contribution in [3.8, 4) is 6.07 Å². The van der Waals surface area contributed by atoms with Gasteiger partial charge in [-0.3, -0.25) is 4.79 Å². The zero-order valence-corrected chi connectivity index (χ0v) is 11.8. The lowest BCUT2D eigenvalue weighted by molar-refractivity contribution is -0.144. The van der Waals surface area contributed by atoms with Crippen LogP contribution in [0, 0.1) is 17.2 Å². The van der Waals surface area contributed by atoms with Crippen LogP contribution in [0.15, 0.2) is 16.3 Å². The van der Waals surface area contributed by atoms with Gasteiger partial charge < -0.3 is 4.74 Å². The summed E-state index contributed by atoms with van der Waals surface area (Å²) < 4.78 is 30.6. The van der Waals surface area contributed by atoms with Crippen LogP contribution in [0.3, 0.4) is 0 Å². The normalized spacial score (nSPS) is 20.1. The number of sulfonamides is 1. The van der Waals surface area contributed by atoms with Crippen molar-refractivity contribution < 1.29 is 17.9 Å². The molecule has 2 heterocycles. The zero-order valence-electron chi connectivity index (χ0n) is 10.2. The third kappa shape index (κ3) is 2.63. The van der Waals surface area contributed by atoms with Crippen molar-refractivity contribution in [1.82, 2.24) is 4.31 Å². The third-order valence-corrected chi connectivity index (χ3v) is 6.29. The van der Waals surface area contributed by atoms with E-state index in [2.05, 4.69) is 4.74 Å². The number of methoxy groups -OCH3 is 1. The molecule has 1 aliphatic heterocycles. The molecule has 102 valence electrons. The van der Waals surface area contributed by atoms with Gasteiger partial charge in [-0.2, -0.15) is 9.57 Å². The third-order valence-electron chi connectivity index (χ3n) is 2.97. The molecule has 6 nitrogen and oxygen atoms in total. The van der Waals surface area contributed by atoms with Gasteiger partial charge in [-0.05, 0) is 18.6 Å². The molecule has 1 fully saturated rings. The first-order chi connectivity index (χ1) is 8.98. The van der Waals surface area contributed by atoms with Crippen LogP contribution in [0.2, 0.25) is 0 Å². The van der Waals surface area contributed by atoms with Gasteiger partial charge in [0, 0.05) is 13.1 Å². The Morgan fingerprint density at radius 2 is 2.32 bits per heavy atom. The first-order valence-corrected chi connectivity index (χ1v) is 7.82. The van der Waals surface area contributed by atoms with Crippen LogP contribution in [0.5, 0.6) is 0 Å². The molecule has 1 atom stereocenters. The van der Waals surface area contributed by atoms with E-state index in [1.54, 1.807) is 0 Å². The number of carbonyl (C=O) groups excluding carboxylic acids is 1. The molecule has 0 aromatic carbocycles. The van der Waals surface area contributed by atoms with Gasteiger partial charge in [-0.1, -0.05) is 0 Å². The second-order valence-corrected chi connectivity index (χ2v) is 7.35. The number of thiophene rings is 1. The summed E-state index contributed by atoms with van der Waals surface area (Å²) in [5.41, 5.74) is 0. The smallest absolute Gasteiger partial charge is 0.310 e. The maximum atomic E-state index is 12.3.